The van der Waals surface area contributed by atoms with Gasteiger partial charge in [-0.3, -0.25) is 0 Å². The third-order valence-corrected chi connectivity index (χ3v) is 5.55. The second kappa shape index (κ2) is 8.73. The molecule has 0 radical (unpaired) electrons. The van der Waals surface area contributed by atoms with Crippen LogP contribution >= 0.6 is 0 Å². The zero-order chi connectivity index (χ0) is 20.2. The predicted octanol–water partition coefficient (Wildman–Crippen LogP) is 6.32. The van der Waals surface area contributed by atoms with Crippen molar-refractivity contribution in [1.82, 2.24) is 0 Å². The fraction of sp³-hybridized carbons (Fsp3) is 0.500. The van der Waals surface area contributed by atoms with Crippen LogP contribution in [0.25, 0.3) is 0 Å². The molecular weight excluding hydrogens is 320 g/mol. The van der Waals surface area contributed by atoms with Gasteiger partial charge in [-0.15, -0.1) is 0 Å². The largest absolute Gasteiger partial charge is 0.508 e. The van der Waals surface area contributed by atoms with Gasteiger partial charge in [0.25, 0.3) is 0 Å². The highest BCUT2D eigenvalue weighted by Crippen LogP contribution is 2.33. The first kappa shape index (κ1) is 22.2. The average Bonchev–Trinajstić information content (AvgIpc) is 2.49. The van der Waals surface area contributed by atoms with Crippen LogP contribution in [-0.4, -0.2) is 15.8 Å². The topological polar surface area (TPSA) is 40.5 Å². The Morgan fingerprint density at radius 1 is 1.15 bits per heavy atom. The molecule has 2 nitrogen and oxygen atoms in total. The fourth-order valence-electron chi connectivity index (χ4n) is 3.28. The monoisotopic (exact) mass is 356 g/mol. The Hall–Kier alpha value is -1.80. The Morgan fingerprint density at radius 3 is 2.15 bits per heavy atom. The van der Waals surface area contributed by atoms with E-state index in [2.05, 4.69) is 53.0 Å². The Bertz CT molecular complexity index is 702. The second-order valence-corrected chi connectivity index (χ2v) is 8.25. The second-order valence-electron chi connectivity index (χ2n) is 8.25. The van der Waals surface area contributed by atoms with Crippen LogP contribution in [0.2, 0.25) is 0 Å². The molecule has 0 aliphatic heterocycles. The third-order valence-electron chi connectivity index (χ3n) is 5.55. The number of rotatable bonds is 8. The molecule has 2 heteroatoms. The summed E-state index contributed by atoms with van der Waals surface area (Å²) in [5, 5.41) is 20.1. The smallest absolute Gasteiger partial charge is 0.115 e. The first-order valence-electron chi connectivity index (χ1n) is 9.43. The molecule has 0 spiro atoms. The van der Waals surface area contributed by atoms with E-state index in [-0.39, 0.29) is 17.6 Å². The first-order chi connectivity index (χ1) is 11.9. The highest BCUT2D eigenvalue weighted by atomic mass is 16.3. The van der Waals surface area contributed by atoms with Crippen LogP contribution in [0, 0.1) is 19.8 Å². The highest BCUT2D eigenvalue weighted by Gasteiger charge is 2.24. The van der Waals surface area contributed by atoms with Gasteiger partial charge in [0, 0.05) is 5.57 Å². The minimum atomic E-state index is -0.713. The van der Waals surface area contributed by atoms with Crippen LogP contribution in [0.4, 0.5) is 0 Å². The lowest BCUT2D eigenvalue weighted by Crippen LogP contribution is -2.30. The molecule has 2 atom stereocenters. The normalized spacial score (nSPS) is 14.8. The Kier molecular flexibility index (Phi) is 7.46. The Morgan fingerprint density at radius 2 is 1.69 bits per heavy atom. The number of aliphatic hydroxyl groups is 2. The predicted molar refractivity (Wildman–Crippen MR) is 113 cm³/mol. The quantitative estimate of drug-likeness (QED) is 0.422. The molecular formula is C24H36O2. The van der Waals surface area contributed by atoms with Gasteiger partial charge in [-0.05, 0) is 87.1 Å². The van der Waals surface area contributed by atoms with Crippen molar-refractivity contribution in [3.63, 3.8) is 0 Å². The van der Waals surface area contributed by atoms with E-state index >= 15 is 0 Å². The minimum Gasteiger partial charge on any atom is -0.508 e. The van der Waals surface area contributed by atoms with Crippen molar-refractivity contribution >= 4 is 0 Å². The van der Waals surface area contributed by atoms with Crippen molar-refractivity contribution in [1.29, 1.82) is 0 Å². The number of benzene rings is 1. The zero-order valence-corrected chi connectivity index (χ0v) is 17.6. The Balaban J connectivity index is 3.19. The molecule has 1 aromatic rings. The van der Waals surface area contributed by atoms with Crippen molar-refractivity contribution in [3.05, 3.63) is 70.5 Å². The summed E-state index contributed by atoms with van der Waals surface area (Å²) in [5.74, 6) is 0.489. The van der Waals surface area contributed by atoms with Gasteiger partial charge in [0.05, 0.1) is 5.60 Å². The van der Waals surface area contributed by atoms with Gasteiger partial charge in [-0.25, -0.2) is 0 Å². The summed E-state index contributed by atoms with van der Waals surface area (Å²) in [6.07, 6.45) is 3.45. The third kappa shape index (κ3) is 5.60. The zero-order valence-electron chi connectivity index (χ0n) is 17.6. The lowest BCUT2D eigenvalue weighted by Gasteiger charge is -2.28. The van der Waals surface area contributed by atoms with Crippen molar-refractivity contribution in [2.75, 3.05) is 0 Å². The Labute approximate surface area is 160 Å². The van der Waals surface area contributed by atoms with Crippen molar-refractivity contribution < 1.29 is 10.2 Å². The molecule has 0 saturated heterocycles. The standard InChI is InChI=1S/C24H36O2/c1-10-22(20(7)25)17(4)11-18(5)23-13-16(3)15(2)12-21(23)14-19(6)24(8,9)26/h10,12-13,18-19,25-26H,4,7,11,14H2,1-3,5-6,8-9H3/b22-10+. The molecule has 1 rings (SSSR count). The van der Waals surface area contributed by atoms with E-state index in [0.29, 0.717) is 0 Å². The molecule has 2 unspecified atom stereocenters. The first-order valence-corrected chi connectivity index (χ1v) is 9.43. The highest BCUT2D eigenvalue weighted by molar-refractivity contribution is 5.44. The summed E-state index contributed by atoms with van der Waals surface area (Å²) < 4.78 is 0. The molecule has 0 amide bonds. The van der Waals surface area contributed by atoms with Gasteiger partial charge >= 0.3 is 0 Å². The average molecular weight is 357 g/mol. The van der Waals surface area contributed by atoms with E-state index in [9.17, 15) is 10.2 Å². The lowest BCUT2D eigenvalue weighted by molar-refractivity contribution is 0.0250. The molecule has 2 N–H and O–H groups in total. The maximum Gasteiger partial charge on any atom is 0.115 e. The van der Waals surface area contributed by atoms with Crippen LogP contribution in [0.15, 0.2) is 48.3 Å². The van der Waals surface area contributed by atoms with Gasteiger partial charge < -0.3 is 10.2 Å². The maximum absolute atomic E-state index is 10.4. The number of aryl methyl sites for hydroxylation is 2. The van der Waals surface area contributed by atoms with Gasteiger partial charge in [0.1, 0.15) is 5.76 Å². The molecule has 0 heterocycles. The minimum absolute atomic E-state index is 0.0701. The van der Waals surface area contributed by atoms with Gasteiger partial charge in [0.2, 0.25) is 0 Å². The van der Waals surface area contributed by atoms with Crippen molar-refractivity contribution in [2.45, 2.75) is 72.8 Å². The SMILES string of the molecule is C=C(O)/C(=C/C)C(=C)CC(C)c1cc(C)c(C)cc1CC(C)C(C)(C)O. The van der Waals surface area contributed by atoms with Crippen LogP contribution in [0.1, 0.15) is 69.2 Å². The van der Waals surface area contributed by atoms with E-state index in [1.54, 1.807) is 0 Å². The van der Waals surface area contributed by atoms with Crippen LogP contribution in [0.5, 0.6) is 0 Å². The van der Waals surface area contributed by atoms with E-state index in [4.69, 9.17) is 0 Å². The summed E-state index contributed by atoms with van der Waals surface area (Å²) in [6, 6.07) is 4.52. The molecule has 0 aromatic heterocycles. The van der Waals surface area contributed by atoms with E-state index in [1.807, 2.05) is 26.8 Å². The van der Waals surface area contributed by atoms with Gasteiger partial charge in [0.15, 0.2) is 0 Å². The molecule has 0 saturated carbocycles. The van der Waals surface area contributed by atoms with E-state index in [0.717, 1.165) is 24.0 Å². The number of aliphatic hydroxyl groups excluding tert-OH is 1. The summed E-state index contributed by atoms with van der Waals surface area (Å²) in [4.78, 5) is 0. The summed E-state index contributed by atoms with van der Waals surface area (Å²) in [5.41, 5.74) is 6.04. The molecule has 1 aromatic carbocycles. The maximum atomic E-state index is 10.4. The number of allylic oxidation sites excluding steroid dienone is 2. The molecule has 0 aliphatic carbocycles. The van der Waals surface area contributed by atoms with E-state index < -0.39 is 5.60 Å². The van der Waals surface area contributed by atoms with Crippen LogP contribution in [-0.2, 0) is 6.42 Å². The number of hydrogen-bond donors (Lipinski definition) is 2. The van der Waals surface area contributed by atoms with Gasteiger partial charge in [-0.1, -0.05) is 45.2 Å². The summed E-state index contributed by atoms with van der Waals surface area (Å²) in [6.45, 7) is 22.0. The molecule has 0 bridgehead atoms. The van der Waals surface area contributed by atoms with Crippen molar-refractivity contribution in [2.24, 2.45) is 5.92 Å². The summed E-state index contributed by atoms with van der Waals surface area (Å²) >= 11 is 0. The molecule has 26 heavy (non-hydrogen) atoms. The molecule has 0 fully saturated rings. The van der Waals surface area contributed by atoms with E-state index in [1.165, 1.54) is 22.3 Å². The molecule has 0 aliphatic rings. The lowest BCUT2D eigenvalue weighted by atomic mass is 9.80. The number of hydrogen-bond acceptors (Lipinski definition) is 2. The summed E-state index contributed by atoms with van der Waals surface area (Å²) in [7, 11) is 0. The molecule has 144 valence electrons. The van der Waals surface area contributed by atoms with Crippen molar-refractivity contribution in [3.8, 4) is 0 Å². The fourth-order valence-corrected chi connectivity index (χ4v) is 3.28. The van der Waals surface area contributed by atoms with Crippen LogP contribution < -0.4 is 0 Å². The van der Waals surface area contributed by atoms with Crippen LogP contribution in [0.3, 0.4) is 0 Å². The van der Waals surface area contributed by atoms with Gasteiger partial charge in [-0.2, -0.15) is 0 Å².